The van der Waals surface area contributed by atoms with Crippen LogP contribution in [0.25, 0.3) is 10.2 Å². The molecule has 1 aliphatic heterocycles. The molecule has 0 unspecified atom stereocenters. The molecule has 3 heterocycles. The molecule has 2 aliphatic rings. The summed E-state index contributed by atoms with van der Waals surface area (Å²) >= 11 is 1.84. The zero-order valence-corrected chi connectivity index (χ0v) is 19.1. The summed E-state index contributed by atoms with van der Waals surface area (Å²) in [6, 6.07) is 8.38. The monoisotopic (exact) mass is 437 g/mol. The third kappa shape index (κ3) is 4.54. The van der Waals surface area contributed by atoms with E-state index in [1.807, 2.05) is 23.5 Å². The zero-order valence-electron chi connectivity index (χ0n) is 18.3. The molecule has 0 saturated carbocycles. The van der Waals surface area contributed by atoms with Crippen LogP contribution >= 0.6 is 11.3 Å². The van der Waals surface area contributed by atoms with Crippen molar-refractivity contribution in [2.24, 2.45) is 0 Å². The van der Waals surface area contributed by atoms with Crippen LogP contribution < -0.4 is 10.5 Å². The van der Waals surface area contributed by atoms with E-state index in [1.165, 1.54) is 41.7 Å². The number of aryl methyl sites for hydroxylation is 2. The summed E-state index contributed by atoms with van der Waals surface area (Å²) in [5.74, 6) is 2.45. The molecule has 3 aromatic rings. The minimum atomic E-state index is 0.678. The Kier molecular flexibility index (Phi) is 6.07. The van der Waals surface area contributed by atoms with Crippen molar-refractivity contribution in [3.8, 4) is 5.75 Å². The molecular formula is C24H31N5OS. The van der Waals surface area contributed by atoms with Gasteiger partial charge in [0.25, 0.3) is 0 Å². The second-order valence-electron chi connectivity index (χ2n) is 8.67. The van der Waals surface area contributed by atoms with E-state index in [1.54, 1.807) is 7.11 Å². The number of rotatable bonds is 5. The molecule has 0 amide bonds. The van der Waals surface area contributed by atoms with Crippen LogP contribution in [-0.4, -0.2) is 53.1 Å². The Balaban J connectivity index is 1.22. The fourth-order valence-corrected chi connectivity index (χ4v) is 6.06. The fraction of sp³-hybridized carbons (Fsp3) is 0.500. The van der Waals surface area contributed by atoms with E-state index < -0.39 is 0 Å². The summed E-state index contributed by atoms with van der Waals surface area (Å²) in [5.41, 5.74) is 9.18. The van der Waals surface area contributed by atoms with Crippen LogP contribution in [0.1, 0.15) is 41.1 Å². The Labute approximate surface area is 188 Å². The van der Waals surface area contributed by atoms with E-state index >= 15 is 0 Å². The number of hydrogen-bond acceptors (Lipinski definition) is 7. The quantitative estimate of drug-likeness (QED) is 0.611. The largest absolute Gasteiger partial charge is 0.497 e. The first-order valence-electron chi connectivity index (χ1n) is 11.3. The smallest absolute Gasteiger partial charge is 0.146 e. The number of nitrogen functional groups attached to an aromatic ring is 1. The van der Waals surface area contributed by atoms with Gasteiger partial charge in [-0.15, -0.1) is 11.3 Å². The van der Waals surface area contributed by atoms with E-state index in [4.69, 9.17) is 20.4 Å². The van der Waals surface area contributed by atoms with E-state index in [9.17, 15) is 0 Å². The Morgan fingerprint density at radius 1 is 0.935 bits per heavy atom. The molecule has 0 bridgehead atoms. The maximum absolute atomic E-state index is 6.43. The SMILES string of the molecule is COc1ccc(CN2CCN(Cc3nc(N)c4c5c(sc4n3)CCCCC5)CC2)cc1. The predicted molar refractivity (Wildman–Crippen MR) is 127 cm³/mol. The van der Waals surface area contributed by atoms with Crippen molar-refractivity contribution in [3.63, 3.8) is 0 Å². The summed E-state index contributed by atoms with van der Waals surface area (Å²) in [6.07, 6.45) is 6.13. The van der Waals surface area contributed by atoms with Gasteiger partial charge in [0.1, 0.15) is 22.2 Å². The van der Waals surface area contributed by atoms with Gasteiger partial charge in [0.2, 0.25) is 0 Å². The van der Waals surface area contributed by atoms with Gasteiger partial charge in [-0.2, -0.15) is 0 Å². The number of fused-ring (bicyclic) bond motifs is 3. The average molecular weight is 438 g/mol. The summed E-state index contributed by atoms with van der Waals surface area (Å²) < 4.78 is 5.25. The number of methoxy groups -OCH3 is 1. The van der Waals surface area contributed by atoms with Crippen molar-refractivity contribution >= 4 is 27.4 Å². The van der Waals surface area contributed by atoms with E-state index in [2.05, 4.69) is 21.9 Å². The number of thiophene rings is 1. The highest BCUT2D eigenvalue weighted by atomic mass is 32.1. The molecule has 1 aliphatic carbocycles. The van der Waals surface area contributed by atoms with E-state index in [0.29, 0.717) is 5.82 Å². The predicted octanol–water partition coefficient (Wildman–Crippen LogP) is 3.87. The summed E-state index contributed by atoms with van der Waals surface area (Å²) in [4.78, 5) is 17.2. The van der Waals surface area contributed by atoms with Crippen molar-refractivity contribution in [3.05, 3.63) is 46.1 Å². The van der Waals surface area contributed by atoms with Gasteiger partial charge < -0.3 is 10.5 Å². The average Bonchev–Trinajstić information content (AvgIpc) is 2.97. The van der Waals surface area contributed by atoms with Gasteiger partial charge in [-0.05, 0) is 48.9 Å². The van der Waals surface area contributed by atoms with Crippen molar-refractivity contribution in [1.82, 2.24) is 19.8 Å². The van der Waals surface area contributed by atoms with Crippen LogP contribution in [0.3, 0.4) is 0 Å². The lowest BCUT2D eigenvalue weighted by atomic mass is 10.1. The van der Waals surface area contributed by atoms with Crippen molar-refractivity contribution in [2.75, 3.05) is 39.0 Å². The van der Waals surface area contributed by atoms with E-state index in [0.717, 1.165) is 67.5 Å². The maximum Gasteiger partial charge on any atom is 0.146 e. The maximum atomic E-state index is 6.43. The third-order valence-electron chi connectivity index (χ3n) is 6.53. The van der Waals surface area contributed by atoms with Gasteiger partial charge in [-0.3, -0.25) is 9.80 Å². The lowest BCUT2D eigenvalue weighted by molar-refractivity contribution is 0.120. The van der Waals surface area contributed by atoms with Crippen molar-refractivity contribution in [1.29, 1.82) is 0 Å². The number of aromatic nitrogens is 2. The molecule has 1 fully saturated rings. The third-order valence-corrected chi connectivity index (χ3v) is 7.72. The molecule has 164 valence electrons. The minimum Gasteiger partial charge on any atom is -0.497 e. The number of anilines is 1. The molecule has 2 N–H and O–H groups in total. The Morgan fingerprint density at radius 2 is 1.65 bits per heavy atom. The Hall–Kier alpha value is -2.22. The van der Waals surface area contributed by atoms with Crippen molar-refractivity contribution in [2.45, 2.75) is 45.2 Å². The van der Waals surface area contributed by atoms with Crippen LogP contribution in [0.5, 0.6) is 5.75 Å². The second-order valence-corrected chi connectivity index (χ2v) is 9.75. The highest BCUT2D eigenvalue weighted by Gasteiger charge is 2.22. The summed E-state index contributed by atoms with van der Waals surface area (Å²) in [5, 5.41) is 1.13. The summed E-state index contributed by atoms with van der Waals surface area (Å²) in [6.45, 7) is 5.91. The number of ether oxygens (including phenoxy) is 1. The molecule has 2 aromatic heterocycles. The first-order chi connectivity index (χ1) is 15.2. The molecule has 7 heteroatoms. The number of benzene rings is 1. The summed E-state index contributed by atoms with van der Waals surface area (Å²) in [7, 11) is 1.71. The topological polar surface area (TPSA) is 67.5 Å². The van der Waals surface area contributed by atoms with Gasteiger partial charge >= 0.3 is 0 Å². The first-order valence-corrected chi connectivity index (χ1v) is 12.2. The molecular weight excluding hydrogens is 406 g/mol. The van der Waals surface area contributed by atoms with Gasteiger partial charge in [-0.25, -0.2) is 9.97 Å². The van der Waals surface area contributed by atoms with E-state index in [-0.39, 0.29) is 0 Å². The molecule has 1 saturated heterocycles. The normalized spacial score (nSPS) is 18.1. The molecule has 0 radical (unpaired) electrons. The minimum absolute atomic E-state index is 0.678. The molecule has 5 rings (SSSR count). The van der Waals surface area contributed by atoms with Gasteiger partial charge in [0, 0.05) is 37.6 Å². The molecule has 31 heavy (non-hydrogen) atoms. The van der Waals surface area contributed by atoms with Gasteiger partial charge in [-0.1, -0.05) is 18.6 Å². The van der Waals surface area contributed by atoms with Crippen LogP contribution in [0.2, 0.25) is 0 Å². The lowest BCUT2D eigenvalue weighted by Gasteiger charge is -2.34. The molecule has 6 nitrogen and oxygen atoms in total. The molecule has 1 aromatic carbocycles. The van der Waals surface area contributed by atoms with Gasteiger partial charge in [0.15, 0.2) is 0 Å². The first kappa shape index (κ1) is 20.7. The van der Waals surface area contributed by atoms with Crippen LogP contribution in [0, 0.1) is 0 Å². The van der Waals surface area contributed by atoms with Crippen LogP contribution in [0.4, 0.5) is 5.82 Å². The Morgan fingerprint density at radius 3 is 2.39 bits per heavy atom. The molecule has 0 spiro atoms. The standard InChI is InChI=1S/C24H31N5OS/c1-30-18-9-7-17(8-10-18)15-28-11-13-29(14-12-28)16-21-26-23(25)22-19-5-3-2-4-6-20(19)31-24(22)27-21/h7-10H,2-6,11-16H2,1H3,(H2,25,26,27). The zero-order chi connectivity index (χ0) is 21.2. The van der Waals surface area contributed by atoms with Crippen molar-refractivity contribution < 1.29 is 4.74 Å². The lowest BCUT2D eigenvalue weighted by Crippen LogP contribution is -2.45. The number of hydrogen-bond donors (Lipinski definition) is 1. The fourth-order valence-electron chi connectivity index (χ4n) is 4.77. The Bertz CT molecular complexity index is 1040. The highest BCUT2D eigenvalue weighted by Crippen LogP contribution is 2.37. The number of nitrogens with two attached hydrogens (primary N) is 1. The second kappa shape index (κ2) is 9.10. The van der Waals surface area contributed by atoms with Gasteiger partial charge in [0.05, 0.1) is 19.0 Å². The highest BCUT2D eigenvalue weighted by molar-refractivity contribution is 7.19. The number of piperazine rings is 1. The molecule has 0 atom stereocenters. The van der Waals surface area contributed by atoms with Crippen LogP contribution in [0.15, 0.2) is 24.3 Å². The number of nitrogens with zero attached hydrogens (tertiary/aromatic N) is 4. The van der Waals surface area contributed by atoms with Crippen LogP contribution in [-0.2, 0) is 25.9 Å².